The molecule has 0 aromatic heterocycles. The zero-order chi connectivity index (χ0) is 12.8. The maximum absolute atomic E-state index is 11.4. The quantitative estimate of drug-likeness (QED) is 0.763. The molecule has 0 heterocycles. The number of carbonyl (C=O) groups excluding carboxylic acids is 1. The Hall–Kier alpha value is -0.770. The van der Waals surface area contributed by atoms with E-state index in [1.807, 2.05) is 34.6 Å². The van der Waals surface area contributed by atoms with Crippen LogP contribution in [0.4, 0.5) is 4.79 Å². The topological polar surface area (TPSA) is 58.6 Å². The van der Waals surface area contributed by atoms with Crippen molar-refractivity contribution in [2.45, 2.75) is 59.2 Å². The van der Waals surface area contributed by atoms with Crippen molar-refractivity contribution in [2.24, 2.45) is 5.92 Å². The molecule has 0 bridgehead atoms. The van der Waals surface area contributed by atoms with Gasteiger partial charge in [-0.3, -0.25) is 0 Å². The number of aliphatic hydroxyl groups is 1. The van der Waals surface area contributed by atoms with Gasteiger partial charge in [0.15, 0.2) is 0 Å². The van der Waals surface area contributed by atoms with E-state index in [2.05, 4.69) is 5.32 Å². The van der Waals surface area contributed by atoms with Crippen LogP contribution in [-0.4, -0.2) is 29.4 Å². The van der Waals surface area contributed by atoms with Crippen molar-refractivity contribution in [3.8, 4) is 0 Å². The summed E-state index contributed by atoms with van der Waals surface area (Å²) in [6.07, 6.45) is 0.758. The van der Waals surface area contributed by atoms with Crippen LogP contribution in [-0.2, 0) is 4.74 Å². The second-order valence-electron chi connectivity index (χ2n) is 5.03. The van der Waals surface area contributed by atoms with Crippen LogP contribution < -0.4 is 5.32 Å². The van der Waals surface area contributed by atoms with Gasteiger partial charge in [-0.05, 0) is 33.6 Å². The molecule has 1 amide bonds. The molecule has 0 fully saturated rings. The monoisotopic (exact) mass is 231 g/mol. The third kappa shape index (κ3) is 6.67. The molecule has 2 N–H and O–H groups in total. The summed E-state index contributed by atoms with van der Waals surface area (Å²) in [7, 11) is 0. The van der Waals surface area contributed by atoms with Crippen molar-refractivity contribution >= 4 is 6.09 Å². The summed E-state index contributed by atoms with van der Waals surface area (Å²) in [5, 5.41) is 12.4. The predicted octanol–water partition coefficient (Wildman–Crippen LogP) is 2.31. The Morgan fingerprint density at radius 1 is 1.31 bits per heavy atom. The molecule has 0 radical (unpaired) electrons. The summed E-state index contributed by atoms with van der Waals surface area (Å²) in [5.74, 6) is 0.0949. The molecule has 0 aliphatic rings. The minimum Gasteiger partial charge on any atom is -0.444 e. The average Bonchev–Trinajstić information content (AvgIpc) is 2.15. The van der Waals surface area contributed by atoms with Gasteiger partial charge in [0.25, 0.3) is 0 Å². The molecular formula is C12H25NO3. The Labute approximate surface area is 98.4 Å². The molecule has 2 atom stereocenters. The molecule has 0 rings (SSSR count). The molecule has 0 aromatic rings. The van der Waals surface area contributed by atoms with Gasteiger partial charge in [-0.15, -0.1) is 0 Å². The summed E-state index contributed by atoms with van der Waals surface area (Å²) >= 11 is 0. The van der Waals surface area contributed by atoms with E-state index in [4.69, 9.17) is 4.74 Å². The van der Waals surface area contributed by atoms with Gasteiger partial charge in [0.2, 0.25) is 0 Å². The molecule has 96 valence electrons. The number of amides is 1. The minimum atomic E-state index is -0.477. The fourth-order valence-corrected chi connectivity index (χ4v) is 1.41. The van der Waals surface area contributed by atoms with Gasteiger partial charge in [0, 0.05) is 12.5 Å². The highest BCUT2D eigenvalue weighted by Gasteiger charge is 2.19. The van der Waals surface area contributed by atoms with Gasteiger partial charge in [0.1, 0.15) is 5.60 Å². The number of nitrogens with one attached hydrogen (secondary N) is 1. The van der Waals surface area contributed by atoms with Crippen molar-refractivity contribution in [1.29, 1.82) is 0 Å². The van der Waals surface area contributed by atoms with Gasteiger partial charge in [0.05, 0.1) is 6.10 Å². The maximum atomic E-state index is 11.4. The van der Waals surface area contributed by atoms with Crippen molar-refractivity contribution in [2.75, 3.05) is 6.54 Å². The normalized spacial score (nSPS) is 15.4. The predicted molar refractivity (Wildman–Crippen MR) is 64.3 cm³/mol. The summed E-state index contributed by atoms with van der Waals surface area (Å²) in [4.78, 5) is 11.4. The zero-order valence-electron chi connectivity index (χ0n) is 11.0. The second-order valence-corrected chi connectivity index (χ2v) is 5.03. The van der Waals surface area contributed by atoms with Crippen LogP contribution >= 0.6 is 0 Å². The first-order chi connectivity index (χ1) is 7.30. The number of hydrogen-bond acceptors (Lipinski definition) is 3. The Morgan fingerprint density at radius 2 is 1.88 bits per heavy atom. The lowest BCUT2D eigenvalue weighted by Gasteiger charge is -2.23. The SMILES string of the molecule is CCC(O)[C@H](CC)CNC(=O)OC(C)(C)C. The molecule has 0 aliphatic carbocycles. The Bertz CT molecular complexity index is 211. The van der Waals surface area contributed by atoms with Crippen LogP contribution in [0.1, 0.15) is 47.5 Å². The van der Waals surface area contributed by atoms with E-state index in [1.54, 1.807) is 0 Å². The van der Waals surface area contributed by atoms with Crippen LogP contribution in [0, 0.1) is 5.92 Å². The van der Waals surface area contributed by atoms with Crippen LogP contribution in [0.3, 0.4) is 0 Å². The fraction of sp³-hybridized carbons (Fsp3) is 0.917. The van der Waals surface area contributed by atoms with Crippen molar-refractivity contribution < 1.29 is 14.6 Å². The van der Waals surface area contributed by atoms with Crippen molar-refractivity contribution in [3.63, 3.8) is 0 Å². The summed E-state index contributed by atoms with van der Waals surface area (Å²) in [6, 6.07) is 0. The number of carbonyl (C=O) groups is 1. The van der Waals surface area contributed by atoms with Crippen LogP contribution in [0.15, 0.2) is 0 Å². The van der Waals surface area contributed by atoms with Crippen molar-refractivity contribution in [1.82, 2.24) is 5.32 Å². The maximum Gasteiger partial charge on any atom is 0.407 e. The number of aliphatic hydroxyl groups excluding tert-OH is 1. The number of alkyl carbamates (subject to hydrolysis) is 1. The third-order valence-corrected chi connectivity index (χ3v) is 2.39. The van der Waals surface area contributed by atoms with E-state index >= 15 is 0 Å². The van der Waals surface area contributed by atoms with E-state index in [1.165, 1.54) is 0 Å². The smallest absolute Gasteiger partial charge is 0.407 e. The number of ether oxygens (including phenoxy) is 1. The Balaban J connectivity index is 3.98. The molecule has 0 saturated heterocycles. The average molecular weight is 231 g/mol. The first-order valence-corrected chi connectivity index (χ1v) is 5.95. The first kappa shape index (κ1) is 15.2. The van der Waals surface area contributed by atoms with E-state index in [-0.39, 0.29) is 12.0 Å². The summed E-state index contributed by atoms with van der Waals surface area (Å²) in [5.41, 5.74) is -0.477. The first-order valence-electron chi connectivity index (χ1n) is 5.95. The van der Waals surface area contributed by atoms with Crippen LogP contribution in [0.25, 0.3) is 0 Å². The Morgan fingerprint density at radius 3 is 2.25 bits per heavy atom. The second kappa shape index (κ2) is 6.74. The van der Waals surface area contributed by atoms with Gasteiger partial charge >= 0.3 is 6.09 Å². The van der Waals surface area contributed by atoms with E-state index < -0.39 is 11.7 Å². The largest absolute Gasteiger partial charge is 0.444 e. The Kier molecular flexibility index (Phi) is 6.41. The highest BCUT2D eigenvalue weighted by atomic mass is 16.6. The van der Waals surface area contributed by atoms with E-state index in [0.29, 0.717) is 13.0 Å². The zero-order valence-corrected chi connectivity index (χ0v) is 11.0. The standard InChI is InChI=1S/C12H25NO3/c1-6-9(10(14)7-2)8-13-11(15)16-12(3,4)5/h9-10,14H,6-8H2,1-5H3,(H,13,15)/t9-,10?/m1/s1. The third-order valence-electron chi connectivity index (χ3n) is 2.39. The number of hydrogen-bond donors (Lipinski definition) is 2. The molecule has 1 unspecified atom stereocenters. The molecule has 0 saturated carbocycles. The lowest BCUT2D eigenvalue weighted by Crippen LogP contribution is -2.38. The van der Waals surface area contributed by atoms with Gasteiger partial charge < -0.3 is 15.2 Å². The lowest BCUT2D eigenvalue weighted by molar-refractivity contribution is 0.0480. The van der Waals surface area contributed by atoms with Crippen LogP contribution in [0.2, 0.25) is 0 Å². The summed E-state index contributed by atoms with van der Waals surface area (Å²) in [6.45, 7) is 9.86. The molecule has 4 nitrogen and oxygen atoms in total. The molecule has 4 heteroatoms. The molecule has 0 spiro atoms. The van der Waals surface area contributed by atoms with Gasteiger partial charge in [-0.1, -0.05) is 13.8 Å². The van der Waals surface area contributed by atoms with E-state index in [9.17, 15) is 9.90 Å². The molecule has 0 aromatic carbocycles. The van der Waals surface area contributed by atoms with Crippen LogP contribution in [0.5, 0.6) is 0 Å². The van der Waals surface area contributed by atoms with Gasteiger partial charge in [-0.25, -0.2) is 4.79 Å². The fourth-order valence-electron chi connectivity index (χ4n) is 1.41. The molecule has 0 aliphatic heterocycles. The molecular weight excluding hydrogens is 206 g/mol. The van der Waals surface area contributed by atoms with Gasteiger partial charge in [-0.2, -0.15) is 0 Å². The lowest BCUT2D eigenvalue weighted by atomic mass is 9.98. The molecule has 16 heavy (non-hydrogen) atoms. The van der Waals surface area contributed by atoms with Crippen molar-refractivity contribution in [3.05, 3.63) is 0 Å². The summed E-state index contributed by atoms with van der Waals surface area (Å²) < 4.78 is 5.11. The minimum absolute atomic E-state index is 0.0949. The van der Waals surface area contributed by atoms with E-state index in [0.717, 1.165) is 6.42 Å². The number of rotatable bonds is 5. The highest BCUT2D eigenvalue weighted by Crippen LogP contribution is 2.11. The highest BCUT2D eigenvalue weighted by molar-refractivity contribution is 5.67.